The molecule has 0 radical (unpaired) electrons. The Morgan fingerprint density at radius 1 is 1.20 bits per heavy atom. The molecule has 10 heavy (non-hydrogen) atoms. The van der Waals surface area contributed by atoms with Crippen molar-refractivity contribution in [2.45, 2.75) is 6.18 Å². The van der Waals surface area contributed by atoms with E-state index in [-0.39, 0.29) is 0 Å². The van der Waals surface area contributed by atoms with Gasteiger partial charge in [0.25, 0.3) is 0 Å². The van der Waals surface area contributed by atoms with Crippen LogP contribution in [0.3, 0.4) is 0 Å². The first-order chi connectivity index (χ1) is 4.52. The van der Waals surface area contributed by atoms with E-state index in [2.05, 4.69) is 0 Å². The normalized spacial score (nSPS) is 12.0. The van der Waals surface area contributed by atoms with Gasteiger partial charge in [0.1, 0.15) is 11.4 Å². The lowest BCUT2D eigenvalue weighted by Crippen LogP contribution is -2.04. The summed E-state index contributed by atoms with van der Waals surface area (Å²) in [6, 6.07) is 0. The Morgan fingerprint density at radius 3 is 2.00 bits per heavy atom. The lowest BCUT2D eigenvalue weighted by Gasteiger charge is -2.01. The van der Waals surface area contributed by atoms with Gasteiger partial charge in [-0.1, -0.05) is 0 Å². The monoisotopic (exact) mass is 170 g/mol. The molecule has 0 aliphatic rings. The Balaban J connectivity index is 3.05. The fraction of sp³-hybridized carbons (Fsp3) is 0.200. The van der Waals surface area contributed by atoms with Crippen molar-refractivity contribution in [3.8, 4) is 0 Å². The minimum Gasteiger partial charge on any atom is -0.205 e. The predicted octanol–water partition coefficient (Wildman–Crippen LogP) is 2.91. The van der Waals surface area contributed by atoms with Gasteiger partial charge in [-0.3, -0.25) is 0 Å². The summed E-state index contributed by atoms with van der Waals surface area (Å²) in [5, 5.41) is 1.57. The minimum absolute atomic E-state index is 0.698. The van der Waals surface area contributed by atoms with Crippen molar-refractivity contribution in [2.24, 2.45) is 0 Å². The quantitative estimate of drug-likeness (QED) is 0.525. The summed E-state index contributed by atoms with van der Waals surface area (Å²) in [5.74, 6) is -1.20. The average molecular weight is 170 g/mol. The highest BCUT2D eigenvalue weighted by Crippen LogP contribution is 2.32. The predicted molar refractivity (Wildman–Crippen MR) is 29.3 cm³/mol. The fourth-order valence-corrected chi connectivity index (χ4v) is 1.18. The zero-order valence-electron chi connectivity index (χ0n) is 4.57. The van der Waals surface area contributed by atoms with Crippen LogP contribution in [0.5, 0.6) is 0 Å². The molecule has 0 bridgehead atoms. The van der Waals surface area contributed by atoms with Crippen molar-refractivity contribution in [3.05, 3.63) is 22.1 Å². The summed E-state index contributed by atoms with van der Waals surface area (Å²) in [4.78, 5) is 0. The van der Waals surface area contributed by atoms with E-state index >= 15 is 0 Å². The third-order valence-corrected chi connectivity index (χ3v) is 1.63. The number of rotatable bonds is 0. The Bertz CT molecular complexity index is 224. The van der Waals surface area contributed by atoms with Crippen molar-refractivity contribution in [1.29, 1.82) is 0 Å². The molecule has 0 aromatic carbocycles. The summed E-state index contributed by atoms with van der Waals surface area (Å²) in [6.45, 7) is 0. The highest BCUT2D eigenvalue weighted by molar-refractivity contribution is 7.08. The molecule has 0 aliphatic carbocycles. The van der Waals surface area contributed by atoms with Gasteiger partial charge in [-0.05, 0) is 0 Å². The van der Waals surface area contributed by atoms with Gasteiger partial charge in [0.15, 0.2) is 0 Å². The van der Waals surface area contributed by atoms with Crippen molar-refractivity contribution in [3.63, 3.8) is 0 Å². The molecular formula is C5H2F4S. The Hall–Kier alpha value is -0.580. The molecule has 56 valence electrons. The molecule has 0 fully saturated rings. The molecule has 1 aromatic rings. The van der Waals surface area contributed by atoms with E-state index in [1.54, 1.807) is 0 Å². The van der Waals surface area contributed by atoms with Crippen LogP contribution in [0.1, 0.15) is 5.56 Å². The van der Waals surface area contributed by atoms with Gasteiger partial charge in [-0.2, -0.15) is 13.2 Å². The van der Waals surface area contributed by atoms with Crippen LogP contribution in [0.4, 0.5) is 17.6 Å². The van der Waals surface area contributed by atoms with Crippen molar-refractivity contribution in [1.82, 2.24) is 0 Å². The van der Waals surface area contributed by atoms with E-state index in [0.29, 0.717) is 11.3 Å². The highest BCUT2D eigenvalue weighted by atomic mass is 32.1. The van der Waals surface area contributed by atoms with Crippen LogP contribution in [-0.2, 0) is 6.18 Å². The maximum absolute atomic E-state index is 12.1. The molecule has 1 aromatic heterocycles. The number of hydrogen-bond donors (Lipinski definition) is 0. The van der Waals surface area contributed by atoms with E-state index in [1.165, 1.54) is 0 Å². The molecular weight excluding hydrogens is 168 g/mol. The third kappa shape index (κ3) is 1.29. The lowest BCUT2D eigenvalue weighted by atomic mass is 10.3. The zero-order chi connectivity index (χ0) is 7.78. The number of thiophene rings is 1. The maximum atomic E-state index is 12.1. The Morgan fingerprint density at radius 2 is 1.80 bits per heavy atom. The van der Waals surface area contributed by atoms with Gasteiger partial charge in [0.05, 0.1) is 0 Å². The minimum atomic E-state index is -4.55. The van der Waals surface area contributed by atoms with Crippen LogP contribution in [0.25, 0.3) is 0 Å². The van der Waals surface area contributed by atoms with E-state index in [9.17, 15) is 17.6 Å². The van der Waals surface area contributed by atoms with Crippen LogP contribution in [-0.4, -0.2) is 0 Å². The standard InChI is InChI=1S/C5H2F4S/c6-4-2-10-1-3(4)5(7,8)9/h1-2H. The largest absolute Gasteiger partial charge is 0.420 e. The van der Waals surface area contributed by atoms with E-state index in [1.807, 2.05) is 0 Å². The second kappa shape index (κ2) is 2.23. The molecule has 1 heterocycles. The Kier molecular flexibility index (Phi) is 1.68. The van der Waals surface area contributed by atoms with Crippen molar-refractivity contribution < 1.29 is 17.6 Å². The molecule has 0 N–H and O–H groups in total. The second-order valence-corrected chi connectivity index (χ2v) is 2.37. The van der Waals surface area contributed by atoms with Gasteiger partial charge in [-0.15, -0.1) is 11.3 Å². The van der Waals surface area contributed by atoms with E-state index < -0.39 is 17.6 Å². The summed E-state index contributed by atoms with van der Waals surface area (Å²) < 4.78 is 47.1. The maximum Gasteiger partial charge on any atom is 0.420 e. The average Bonchev–Trinajstić information content (AvgIpc) is 2.11. The van der Waals surface area contributed by atoms with Crippen molar-refractivity contribution >= 4 is 11.3 Å². The first-order valence-electron chi connectivity index (χ1n) is 2.30. The molecule has 0 spiro atoms. The van der Waals surface area contributed by atoms with E-state index in [0.717, 1.165) is 10.8 Å². The van der Waals surface area contributed by atoms with Crippen molar-refractivity contribution in [2.75, 3.05) is 0 Å². The molecule has 5 heteroatoms. The van der Waals surface area contributed by atoms with Crippen LogP contribution in [0.2, 0.25) is 0 Å². The SMILES string of the molecule is Fc1cscc1C(F)(F)F. The molecule has 0 saturated heterocycles. The lowest BCUT2D eigenvalue weighted by molar-refractivity contribution is -0.139. The van der Waals surface area contributed by atoms with Gasteiger partial charge >= 0.3 is 6.18 Å². The molecule has 0 amide bonds. The van der Waals surface area contributed by atoms with E-state index in [4.69, 9.17) is 0 Å². The third-order valence-electron chi connectivity index (χ3n) is 0.920. The number of alkyl halides is 3. The van der Waals surface area contributed by atoms with Gasteiger partial charge < -0.3 is 0 Å². The molecule has 0 saturated carbocycles. The molecule has 0 aliphatic heterocycles. The van der Waals surface area contributed by atoms with Crippen LogP contribution in [0.15, 0.2) is 10.8 Å². The zero-order valence-corrected chi connectivity index (χ0v) is 5.39. The number of halogens is 4. The molecule has 0 nitrogen and oxygen atoms in total. The smallest absolute Gasteiger partial charge is 0.205 e. The Labute approximate surface area is 58.1 Å². The topological polar surface area (TPSA) is 0 Å². The van der Waals surface area contributed by atoms with Gasteiger partial charge in [0, 0.05) is 10.8 Å². The van der Waals surface area contributed by atoms with Crippen LogP contribution < -0.4 is 0 Å². The molecule has 1 rings (SSSR count). The fourth-order valence-electron chi connectivity index (χ4n) is 0.484. The first-order valence-corrected chi connectivity index (χ1v) is 3.25. The molecule has 0 atom stereocenters. The first kappa shape index (κ1) is 7.53. The van der Waals surface area contributed by atoms with Crippen LogP contribution >= 0.6 is 11.3 Å². The highest BCUT2D eigenvalue weighted by Gasteiger charge is 2.34. The van der Waals surface area contributed by atoms with Gasteiger partial charge in [-0.25, -0.2) is 4.39 Å². The number of hydrogen-bond acceptors (Lipinski definition) is 1. The summed E-state index contributed by atoms with van der Waals surface area (Å²) in [6.07, 6.45) is -4.55. The molecule has 0 unspecified atom stereocenters. The summed E-state index contributed by atoms with van der Waals surface area (Å²) >= 11 is 0.698. The second-order valence-electron chi connectivity index (χ2n) is 1.63. The summed E-state index contributed by atoms with van der Waals surface area (Å²) in [7, 11) is 0. The summed E-state index contributed by atoms with van der Waals surface area (Å²) in [5.41, 5.74) is -1.18. The van der Waals surface area contributed by atoms with Gasteiger partial charge in [0.2, 0.25) is 0 Å². The van der Waals surface area contributed by atoms with Crippen LogP contribution in [0, 0.1) is 5.82 Å².